The van der Waals surface area contributed by atoms with Crippen LogP contribution in [-0.4, -0.2) is 23.1 Å². The molecule has 1 atom stereocenters. The first-order valence-electron chi connectivity index (χ1n) is 7.52. The summed E-state index contributed by atoms with van der Waals surface area (Å²) in [6.45, 7) is 6.03. The van der Waals surface area contributed by atoms with Gasteiger partial charge in [-0.25, -0.2) is 10.4 Å². The number of aryl methyl sites for hydroxylation is 1. The van der Waals surface area contributed by atoms with Crippen LogP contribution in [0.3, 0.4) is 0 Å². The Morgan fingerprint density at radius 1 is 1.43 bits per heavy atom. The molecule has 2 aromatic rings. The van der Waals surface area contributed by atoms with Gasteiger partial charge in [0.05, 0.1) is 17.8 Å². The van der Waals surface area contributed by atoms with Crippen molar-refractivity contribution >= 4 is 34.6 Å². The number of halogens is 1. The highest BCUT2D eigenvalue weighted by molar-refractivity contribution is 6.32. The van der Waals surface area contributed by atoms with Gasteiger partial charge in [-0.1, -0.05) is 37.6 Å². The standard InChI is InChI=1S/C17H21ClN4O/c1-10(2)6-14(19)17(23)22-20-9-13-8-12-5-4-11(3)7-15(12)21-16(13)18/h4-5,7-10,14H,6,19H2,1-3H3,(H,22,23)/b20-9-/t14-/m1/s1. The second-order valence-corrected chi connectivity index (χ2v) is 6.39. The average molecular weight is 333 g/mol. The number of hydrogen-bond donors (Lipinski definition) is 2. The summed E-state index contributed by atoms with van der Waals surface area (Å²) in [6, 6.07) is 7.26. The molecule has 2 rings (SSSR count). The molecule has 0 saturated heterocycles. The van der Waals surface area contributed by atoms with Gasteiger partial charge in [0.15, 0.2) is 0 Å². The van der Waals surface area contributed by atoms with Crippen LogP contribution < -0.4 is 11.2 Å². The second-order valence-electron chi connectivity index (χ2n) is 6.03. The van der Waals surface area contributed by atoms with Crippen molar-refractivity contribution in [2.75, 3.05) is 0 Å². The van der Waals surface area contributed by atoms with E-state index in [0.717, 1.165) is 16.5 Å². The number of amides is 1. The van der Waals surface area contributed by atoms with Gasteiger partial charge in [0.25, 0.3) is 5.91 Å². The lowest BCUT2D eigenvalue weighted by Gasteiger charge is -2.11. The molecular formula is C17H21ClN4O. The Kier molecular flexibility index (Phi) is 5.69. The Morgan fingerprint density at radius 2 is 2.17 bits per heavy atom. The van der Waals surface area contributed by atoms with Crippen molar-refractivity contribution in [3.05, 3.63) is 40.5 Å². The molecule has 0 aliphatic rings. The van der Waals surface area contributed by atoms with E-state index >= 15 is 0 Å². The number of hydrogen-bond acceptors (Lipinski definition) is 4. The molecule has 5 nitrogen and oxygen atoms in total. The van der Waals surface area contributed by atoms with Crippen LogP contribution in [0.15, 0.2) is 29.4 Å². The molecule has 1 aromatic carbocycles. The second kappa shape index (κ2) is 7.53. The minimum absolute atomic E-state index is 0.310. The Bertz CT molecular complexity index is 743. The van der Waals surface area contributed by atoms with E-state index in [1.165, 1.54) is 6.21 Å². The molecule has 23 heavy (non-hydrogen) atoms. The van der Waals surface area contributed by atoms with Crippen LogP contribution in [0.2, 0.25) is 5.15 Å². The molecule has 122 valence electrons. The van der Waals surface area contributed by atoms with Gasteiger partial charge in [0.1, 0.15) is 5.15 Å². The largest absolute Gasteiger partial charge is 0.320 e. The minimum atomic E-state index is -0.569. The number of pyridine rings is 1. The van der Waals surface area contributed by atoms with Crippen LogP contribution >= 0.6 is 11.6 Å². The third-order valence-corrected chi connectivity index (χ3v) is 3.70. The van der Waals surface area contributed by atoms with E-state index in [0.29, 0.717) is 23.1 Å². The molecule has 1 heterocycles. The van der Waals surface area contributed by atoms with Crippen LogP contribution in [0.5, 0.6) is 0 Å². The van der Waals surface area contributed by atoms with Crippen molar-refractivity contribution in [2.24, 2.45) is 16.8 Å². The lowest BCUT2D eigenvalue weighted by Crippen LogP contribution is -2.39. The number of nitrogens with one attached hydrogen (secondary N) is 1. The van der Waals surface area contributed by atoms with Crippen molar-refractivity contribution in [2.45, 2.75) is 33.2 Å². The van der Waals surface area contributed by atoms with Gasteiger partial charge < -0.3 is 5.73 Å². The van der Waals surface area contributed by atoms with Crippen LogP contribution in [0.25, 0.3) is 10.9 Å². The first-order valence-corrected chi connectivity index (χ1v) is 7.90. The number of benzene rings is 1. The summed E-state index contributed by atoms with van der Waals surface area (Å²) in [4.78, 5) is 16.2. The highest BCUT2D eigenvalue weighted by atomic mass is 35.5. The molecular weight excluding hydrogens is 312 g/mol. The normalized spacial score (nSPS) is 13.0. The van der Waals surface area contributed by atoms with Gasteiger partial charge in [-0.05, 0) is 37.0 Å². The maximum Gasteiger partial charge on any atom is 0.256 e. The molecule has 0 saturated carbocycles. The fourth-order valence-corrected chi connectivity index (χ4v) is 2.42. The van der Waals surface area contributed by atoms with Crippen molar-refractivity contribution in [1.82, 2.24) is 10.4 Å². The summed E-state index contributed by atoms with van der Waals surface area (Å²) in [6.07, 6.45) is 2.09. The van der Waals surface area contributed by atoms with Crippen molar-refractivity contribution in [1.29, 1.82) is 0 Å². The molecule has 1 amide bonds. The Balaban J connectivity index is 2.10. The third-order valence-electron chi connectivity index (χ3n) is 3.39. The van der Waals surface area contributed by atoms with E-state index in [9.17, 15) is 4.79 Å². The van der Waals surface area contributed by atoms with Crippen molar-refractivity contribution in [3.63, 3.8) is 0 Å². The predicted molar refractivity (Wildman–Crippen MR) is 94.7 cm³/mol. The molecule has 0 aliphatic heterocycles. The average Bonchev–Trinajstić information content (AvgIpc) is 2.47. The molecule has 0 spiro atoms. The number of nitrogens with zero attached hydrogens (tertiary/aromatic N) is 2. The summed E-state index contributed by atoms with van der Waals surface area (Å²) in [5.41, 5.74) is 10.8. The monoisotopic (exact) mass is 332 g/mol. The number of fused-ring (bicyclic) bond motifs is 1. The molecule has 0 aliphatic carbocycles. The van der Waals surface area contributed by atoms with Gasteiger partial charge in [0.2, 0.25) is 0 Å². The molecule has 0 radical (unpaired) electrons. The zero-order valence-corrected chi connectivity index (χ0v) is 14.3. The topological polar surface area (TPSA) is 80.4 Å². The van der Waals surface area contributed by atoms with E-state index in [1.54, 1.807) is 0 Å². The minimum Gasteiger partial charge on any atom is -0.320 e. The highest BCUT2D eigenvalue weighted by Gasteiger charge is 2.14. The maximum atomic E-state index is 11.8. The molecule has 0 bridgehead atoms. The first-order chi connectivity index (χ1) is 10.9. The smallest absolute Gasteiger partial charge is 0.256 e. The SMILES string of the molecule is Cc1ccc2cc(/C=N\NC(=O)[C@H](N)CC(C)C)c(Cl)nc2c1. The Morgan fingerprint density at radius 3 is 2.87 bits per heavy atom. The summed E-state index contributed by atoms with van der Waals surface area (Å²) in [5.74, 6) is 0.0396. The molecule has 0 fully saturated rings. The quantitative estimate of drug-likeness (QED) is 0.501. The third kappa shape index (κ3) is 4.74. The number of aromatic nitrogens is 1. The highest BCUT2D eigenvalue weighted by Crippen LogP contribution is 2.20. The number of nitrogens with two attached hydrogens (primary N) is 1. The fraction of sp³-hybridized carbons (Fsp3) is 0.353. The van der Waals surface area contributed by atoms with E-state index in [1.807, 2.05) is 45.0 Å². The number of carbonyl (C=O) groups excluding carboxylic acids is 1. The van der Waals surface area contributed by atoms with Gasteiger partial charge in [-0.3, -0.25) is 4.79 Å². The van der Waals surface area contributed by atoms with E-state index in [4.69, 9.17) is 17.3 Å². The Labute approximate surface area is 140 Å². The van der Waals surface area contributed by atoms with E-state index < -0.39 is 6.04 Å². The van der Waals surface area contributed by atoms with Gasteiger partial charge >= 0.3 is 0 Å². The number of carbonyl (C=O) groups is 1. The lowest BCUT2D eigenvalue weighted by molar-refractivity contribution is -0.122. The number of rotatable bonds is 5. The molecule has 6 heteroatoms. The van der Waals surface area contributed by atoms with Gasteiger partial charge in [-0.15, -0.1) is 0 Å². The number of hydrazone groups is 1. The summed E-state index contributed by atoms with van der Waals surface area (Å²) in [7, 11) is 0. The lowest BCUT2D eigenvalue weighted by atomic mass is 10.0. The van der Waals surface area contributed by atoms with Crippen LogP contribution in [0.4, 0.5) is 0 Å². The van der Waals surface area contributed by atoms with Crippen molar-refractivity contribution in [3.8, 4) is 0 Å². The summed E-state index contributed by atoms with van der Waals surface area (Å²) in [5, 5.41) is 5.23. The van der Waals surface area contributed by atoms with E-state index in [-0.39, 0.29) is 5.91 Å². The Hall–Kier alpha value is -1.98. The molecule has 3 N–H and O–H groups in total. The van der Waals surface area contributed by atoms with Crippen LogP contribution in [-0.2, 0) is 4.79 Å². The molecule has 1 aromatic heterocycles. The van der Waals surface area contributed by atoms with Crippen molar-refractivity contribution < 1.29 is 4.79 Å². The zero-order chi connectivity index (χ0) is 17.0. The zero-order valence-electron chi connectivity index (χ0n) is 13.5. The fourth-order valence-electron chi connectivity index (χ4n) is 2.22. The van der Waals surface area contributed by atoms with Crippen LogP contribution in [0.1, 0.15) is 31.4 Å². The first kappa shape index (κ1) is 17.4. The van der Waals surface area contributed by atoms with E-state index in [2.05, 4.69) is 15.5 Å². The predicted octanol–water partition coefficient (Wildman–Crippen LogP) is 3.02. The van der Waals surface area contributed by atoms with Gasteiger partial charge in [-0.2, -0.15) is 5.10 Å². The summed E-state index contributed by atoms with van der Waals surface area (Å²) < 4.78 is 0. The molecule has 0 unspecified atom stereocenters. The maximum absolute atomic E-state index is 11.8. The van der Waals surface area contributed by atoms with Crippen LogP contribution in [0, 0.1) is 12.8 Å². The van der Waals surface area contributed by atoms with Gasteiger partial charge in [0, 0.05) is 10.9 Å². The summed E-state index contributed by atoms with van der Waals surface area (Å²) >= 11 is 6.16.